The van der Waals surface area contributed by atoms with Crippen molar-refractivity contribution in [2.75, 3.05) is 0 Å². The quantitative estimate of drug-likeness (QED) is 0.760. The van der Waals surface area contributed by atoms with Gasteiger partial charge >= 0.3 is 0 Å². The maximum atomic E-state index is 11.3. The zero-order valence-corrected chi connectivity index (χ0v) is 10.5. The van der Waals surface area contributed by atoms with Gasteiger partial charge in [-0.3, -0.25) is 4.79 Å². The van der Waals surface area contributed by atoms with Gasteiger partial charge < -0.3 is 5.73 Å². The van der Waals surface area contributed by atoms with Crippen molar-refractivity contribution >= 4 is 11.4 Å². The third kappa shape index (κ3) is 1.87. The Morgan fingerprint density at radius 3 is 2.63 bits per heavy atom. The van der Waals surface area contributed by atoms with Gasteiger partial charge in [0.15, 0.2) is 0 Å². The van der Waals surface area contributed by atoms with Crippen molar-refractivity contribution in [2.45, 2.75) is 6.92 Å². The number of primary amides is 1. The van der Waals surface area contributed by atoms with Gasteiger partial charge in [0, 0.05) is 11.8 Å². The minimum Gasteiger partial charge on any atom is -0.366 e. The lowest BCUT2D eigenvalue weighted by atomic mass is 10.1. The zero-order valence-electron chi connectivity index (χ0n) is 10.5. The van der Waals surface area contributed by atoms with Crippen LogP contribution in [0.5, 0.6) is 0 Å². The summed E-state index contributed by atoms with van der Waals surface area (Å²) in [6.45, 7) is 1.88. The third-order valence-corrected chi connectivity index (χ3v) is 3.27. The van der Waals surface area contributed by atoms with Crippen molar-refractivity contribution in [3.05, 3.63) is 59.9 Å². The lowest BCUT2D eigenvalue weighted by molar-refractivity contribution is 0.0999. The second kappa shape index (κ2) is 4.24. The number of hydrogen-bond acceptors (Lipinski definition) is 2. The molecule has 0 unspecified atom stereocenters. The smallest absolute Gasteiger partial charge is 0.250 e. The molecule has 1 aromatic carbocycles. The molecule has 2 aromatic heterocycles. The monoisotopic (exact) mass is 251 g/mol. The Labute approximate surface area is 110 Å². The third-order valence-electron chi connectivity index (χ3n) is 3.27. The lowest BCUT2D eigenvalue weighted by Crippen LogP contribution is -2.14. The molecule has 19 heavy (non-hydrogen) atoms. The highest BCUT2D eigenvalue weighted by atomic mass is 16.1. The number of aromatic nitrogens is 2. The molecule has 0 aliphatic heterocycles. The molecule has 0 aliphatic carbocycles. The molecule has 0 atom stereocenters. The van der Waals surface area contributed by atoms with Crippen molar-refractivity contribution < 1.29 is 4.79 Å². The molecule has 2 heterocycles. The highest BCUT2D eigenvalue weighted by Crippen LogP contribution is 2.24. The van der Waals surface area contributed by atoms with Crippen molar-refractivity contribution in [3.63, 3.8) is 0 Å². The number of nitrogens with two attached hydrogens (primary N) is 1. The van der Waals surface area contributed by atoms with E-state index in [4.69, 9.17) is 5.73 Å². The Hall–Kier alpha value is -2.62. The molecule has 1 amide bonds. The predicted octanol–water partition coefficient (Wildman–Crippen LogP) is 2.41. The fraction of sp³-hybridized carbons (Fsp3) is 0.0667. The van der Waals surface area contributed by atoms with Crippen molar-refractivity contribution in [1.82, 2.24) is 9.61 Å². The van der Waals surface area contributed by atoms with Crippen LogP contribution in [0.1, 0.15) is 15.9 Å². The summed E-state index contributed by atoms with van der Waals surface area (Å²) in [5, 5.41) is 4.23. The average molecular weight is 251 g/mol. The molecule has 0 aliphatic rings. The van der Waals surface area contributed by atoms with E-state index in [-0.39, 0.29) is 0 Å². The van der Waals surface area contributed by atoms with Crippen LogP contribution in [0.15, 0.2) is 48.8 Å². The Bertz CT molecular complexity index is 760. The minimum absolute atomic E-state index is 0.449. The van der Waals surface area contributed by atoms with Crippen molar-refractivity contribution in [2.24, 2.45) is 5.73 Å². The van der Waals surface area contributed by atoms with Gasteiger partial charge in [0.05, 0.1) is 17.3 Å². The van der Waals surface area contributed by atoms with Crippen LogP contribution in [0, 0.1) is 6.92 Å². The normalized spacial score (nSPS) is 10.8. The topological polar surface area (TPSA) is 60.4 Å². The highest BCUT2D eigenvalue weighted by Gasteiger charge is 2.11. The number of amides is 1. The number of hydrogen-bond donors (Lipinski definition) is 1. The molecule has 0 fully saturated rings. The van der Waals surface area contributed by atoms with E-state index in [1.54, 1.807) is 4.52 Å². The standard InChI is InChI=1S/C15H13N3O/c1-10-13(15(16)19)8-17-18-9-12(7-14(10)18)11-5-3-2-4-6-11/h2-9H,1H3,(H2,16,19). The van der Waals surface area contributed by atoms with Crippen LogP contribution >= 0.6 is 0 Å². The van der Waals surface area contributed by atoms with Gasteiger partial charge in [0.1, 0.15) is 0 Å². The second-order valence-corrected chi connectivity index (χ2v) is 4.47. The van der Waals surface area contributed by atoms with Gasteiger partial charge in [0.25, 0.3) is 5.91 Å². The molecular weight excluding hydrogens is 238 g/mol. The molecule has 94 valence electrons. The van der Waals surface area contributed by atoms with E-state index in [2.05, 4.69) is 5.10 Å². The summed E-state index contributed by atoms with van der Waals surface area (Å²) in [5.74, 6) is -0.449. The summed E-state index contributed by atoms with van der Waals surface area (Å²) in [7, 11) is 0. The van der Waals surface area contributed by atoms with Crippen LogP contribution < -0.4 is 5.73 Å². The van der Waals surface area contributed by atoms with E-state index in [9.17, 15) is 4.79 Å². The number of nitrogens with zero attached hydrogens (tertiary/aromatic N) is 2. The molecule has 0 saturated heterocycles. The number of fused-ring (bicyclic) bond motifs is 1. The number of rotatable bonds is 2. The molecule has 0 saturated carbocycles. The first-order chi connectivity index (χ1) is 9.16. The molecule has 3 aromatic rings. The van der Waals surface area contributed by atoms with Crippen LogP contribution in [0.2, 0.25) is 0 Å². The second-order valence-electron chi connectivity index (χ2n) is 4.47. The molecule has 2 N–H and O–H groups in total. The summed E-state index contributed by atoms with van der Waals surface area (Å²) >= 11 is 0. The Kier molecular flexibility index (Phi) is 2.56. The molecular formula is C15H13N3O. The fourth-order valence-corrected chi connectivity index (χ4v) is 2.22. The first-order valence-electron chi connectivity index (χ1n) is 6.00. The number of carbonyl (C=O) groups excluding carboxylic acids is 1. The number of aryl methyl sites for hydroxylation is 1. The van der Waals surface area contributed by atoms with Crippen LogP contribution in [0.4, 0.5) is 0 Å². The molecule has 0 spiro atoms. The fourth-order valence-electron chi connectivity index (χ4n) is 2.22. The Balaban J connectivity index is 2.22. The summed E-state index contributed by atoms with van der Waals surface area (Å²) < 4.78 is 1.77. The molecule has 4 heteroatoms. The van der Waals surface area contributed by atoms with Gasteiger partial charge in [-0.15, -0.1) is 0 Å². The minimum atomic E-state index is -0.449. The summed E-state index contributed by atoms with van der Waals surface area (Å²) in [5.41, 5.74) is 9.73. The van der Waals surface area contributed by atoms with E-state index < -0.39 is 5.91 Å². The highest BCUT2D eigenvalue weighted by molar-refractivity contribution is 5.96. The van der Waals surface area contributed by atoms with Crippen molar-refractivity contribution in [3.8, 4) is 11.1 Å². The largest absolute Gasteiger partial charge is 0.366 e. The van der Waals surface area contributed by atoms with E-state index in [1.165, 1.54) is 6.20 Å². The van der Waals surface area contributed by atoms with Crippen LogP contribution in [-0.2, 0) is 0 Å². The SMILES string of the molecule is Cc1c(C(N)=O)cnn2cc(-c3ccccc3)cc12. The Morgan fingerprint density at radius 2 is 1.95 bits per heavy atom. The van der Waals surface area contributed by atoms with Crippen molar-refractivity contribution in [1.29, 1.82) is 0 Å². The average Bonchev–Trinajstić information content (AvgIpc) is 2.85. The zero-order chi connectivity index (χ0) is 13.4. The van der Waals surface area contributed by atoms with E-state index in [0.717, 1.165) is 22.2 Å². The van der Waals surface area contributed by atoms with Crippen LogP contribution in [-0.4, -0.2) is 15.5 Å². The van der Waals surface area contributed by atoms with Crippen LogP contribution in [0.3, 0.4) is 0 Å². The number of carbonyl (C=O) groups is 1. The van der Waals surface area contributed by atoms with Gasteiger partial charge in [-0.05, 0) is 24.1 Å². The molecule has 0 bridgehead atoms. The van der Waals surface area contributed by atoms with E-state index >= 15 is 0 Å². The van der Waals surface area contributed by atoms with Gasteiger partial charge in [-0.25, -0.2) is 4.52 Å². The first-order valence-corrected chi connectivity index (χ1v) is 6.00. The van der Waals surface area contributed by atoms with Gasteiger partial charge in [-0.1, -0.05) is 30.3 Å². The summed E-state index contributed by atoms with van der Waals surface area (Å²) in [6, 6.07) is 12.1. The van der Waals surface area contributed by atoms with E-state index in [0.29, 0.717) is 5.56 Å². The molecule has 0 radical (unpaired) electrons. The lowest BCUT2D eigenvalue weighted by Gasteiger charge is -2.02. The van der Waals surface area contributed by atoms with E-state index in [1.807, 2.05) is 49.5 Å². The number of benzene rings is 1. The Morgan fingerprint density at radius 1 is 1.21 bits per heavy atom. The summed E-state index contributed by atoms with van der Waals surface area (Å²) in [6.07, 6.45) is 3.46. The summed E-state index contributed by atoms with van der Waals surface area (Å²) in [4.78, 5) is 11.3. The van der Waals surface area contributed by atoms with Gasteiger partial charge in [-0.2, -0.15) is 5.10 Å². The van der Waals surface area contributed by atoms with Gasteiger partial charge in [0.2, 0.25) is 0 Å². The predicted molar refractivity (Wildman–Crippen MR) is 73.9 cm³/mol. The van der Waals surface area contributed by atoms with Crippen LogP contribution in [0.25, 0.3) is 16.6 Å². The maximum absolute atomic E-state index is 11.3. The molecule has 4 nitrogen and oxygen atoms in total. The maximum Gasteiger partial charge on any atom is 0.250 e. The molecule has 3 rings (SSSR count). The first kappa shape index (κ1) is 11.5.